The van der Waals surface area contributed by atoms with Crippen LogP contribution in [0.5, 0.6) is 0 Å². The standard InChI is InChI=1S/C8H9F3N4O3/c9-8(10,11)3-13-5(16)2-15-1-4(12)6(14-15)7(17)18/h1H,2-3,12H2,(H,13,16)(H,17,18). The fourth-order valence-electron chi connectivity index (χ4n) is 1.09. The topological polar surface area (TPSA) is 110 Å². The molecule has 100 valence electrons. The van der Waals surface area contributed by atoms with Crippen LogP contribution in [-0.2, 0) is 11.3 Å². The van der Waals surface area contributed by atoms with E-state index < -0.39 is 36.8 Å². The SMILES string of the molecule is Nc1cn(CC(=O)NCC(F)(F)F)nc1C(=O)O. The first-order valence-corrected chi connectivity index (χ1v) is 4.58. The summed E-state index contributed by atoms with van der Waals surface area (Å²) in [4.78, 5) is 21.7. The predicted molar refractivity (Wildman–Crippen MR) is 52.7 cm³/mol. The minimum atomic E-state index is -4.51. The van der Waals surface area contributed by atoms with Gasteiger partial charge in [-0.05, 0) is 0 Å². The molecule has 0 saturated carbocycles. The number of nitrogens with two attached hydrogens (primary N) is 1. The van der Waals surface area contributed by atoms with Crippen LogP contribution in [0.4, 0.5) is 18.9 Å². The number of halogens is 3. The van der Waals surface area contributed by atoms with Gasteiger partial charge in [-0.2, -0.15) is 18.3 Å². The summed E-state index contributed by atoms with van der Waals surface area (Å²) in [7, 11) is 0. The lowest BCUT2D eigenvalue weighted by atomic mass is 10.4. The maximum Gasteiger partial charge on any atom is 0.405 e. The summed E-state index contributed by atoms with van der Waals surface area (Å²) in [5, 5.41) is 13.7. The van der Waals surface area contributed by atoms with Gasteiger partial charge in [0.1, 0.15) is 13.1 Å². The molecule has 0 bridgehead atoms. The van der Waals surface area contributed by atoms with Gasteiger partial charge >= 0.3 is 12.1 Å². The number of rotatable bonds is 4. The Morgan fingerprint density at radius 1 is 1.50 bits per heavy atom. The highest BCUT2D eigenvalue weighted by molar-refractivity contribution is 5.91. The summed E-state index contributed by atoms with van der Waals surface area (Å²) in [6.07, 6.45) is -3.46. The molecule has 1 aromatic heterocycles. The lowest BCUT2D eigenvalue weighted by molar-refractivity contribution is -0.138. The van der Waals surface area contributed by atoms with Gasteiger partial charge in [-0.15, -0.1) is 0 Å². The minimum absolute atomic E-state index is 0.175. The molecule has 0 radical (unpaired) electrons. The molecule has 0 aromatic carbocycles. The van der Waals surface area contributed by atoms with Crippen LogP contribution in [0.2, 0.25) is 0 Å². The molecule has 4 N–H and O–H groups in total. The number of carboxylic acid groups (broad SMARTS) is 1. The minimum Gasteiger partial charge on any atom is -0.476 e. The number of aromatic nitrogens is 2. The number of hydrogen-bond acceptors (Lipinski definition) is 4. The molecule has 7 nitrogen and oxygen atoms in total. The molecule has 1 rings (SSSR count). The molecule has 18 heavy (non-hydrogen) atoms. The van der Waals surface area contributed by atoms with Crippen LogP contribution in [0.1, 0.15) is 10.5 Å². The number of carboxylic acids is 1. The molecule has 0 fully saturated rings. The van der Waals surface area contributed by atoms with Gasteiger partial charge in [0, 0.05) is 6.20 Å². The van der Waals surface area contributed by atoms with E-state index in [-0.39, 0.29) is 5.69 Å². The Bertz CT molecular complexity index is 469. The molecule has 0 aliphatic carbocycles. The van der Waals surface area contributed by atoms with E-state index in [4.69, 9.17) is 10.8 Å². The van der Waals surface area contributed by atoms with Crippen molar-refractivity contribution < 1.29 is 27.9 Å². The van der Waals surface area contributed by atoms with Crippen LogP contribution in [0.3, 0.4) is 0 Å². The average Bonchev–Trinajstić information content (AvgIpc) is 2.55. The monoisotopic (exact) mass is 266 g/mol. The van der Waals surface area contributed by atoms with Gasteiger partial charge in [-0.25, -0.2) is 4.79 Å². The van der Waals surface area contributed by atoms with Crippen LogP contribution in [0.25, 0.3) is 0 Å². The lowest BCUT2D eigenvalue weighted by Gasteiger charge is -2.07. The van der Waals surface area contributed by atoms with Crippen molar-refractivity contribution in [3.63, 3.8) is 0 Å². The summed E-state index contributed by atoms with van der Waals surface area (Å²) >= 11 is 0. The van der Waals surface area contributed by atoms with Crippen molar-refractivity contribution in [1.29, 1.82) is 0 Å². The number of alkyl halides is 3. The van der Waals surface area contributed by atoms with Gasteiger partial charge in [0.2, 0.25) is 5.91 Å². The highest BCUT2D eigenvalue weighted by Crippen LogP contribution is 2.12. The zero-order valence-electron chi connectivity index (χ0n) is 8.86. The van der Waals surface area contributed by atoms with Crippen molar-refractivity contribution in [2.45, 2.75) is 12.7 Å². The average molecular weight is 266 g/mol. The third-order valence-corrected chi connectivity index (χ3v) is 1.78. The number of carbonyl (C=O) groups is 2. The second-order valence-electron chi connectivity index (χ2n) is 3.33. The van der Waals surface area contributed by atoms with Gasteiger partial charge in [0.25, 0.3) is 0 Å². The summed E-state index contributed by atoms with van der Waals surface area (Å²) in [6.45, 7) is -2.01. The number of anilines is 1. The number of hydrogen-bond donors (Lipinski definition) is 3. The van der Waals surface area contributed by atoms with Crippen molar-refractivity contribution >= 4 is 17.6 Å². The molecule has 0 atom stereocenters. The van der Waals surface area contributed by atoms with E-state index >= 15 is 0 Å². The molecular formula is C8H9F3N4O3. The maximum atomic E-state index is 11.8. The molecule has 10 heteroatoms. The Hall–Kier alpha value is -2.26. The first-order chi connectivity index (χ1) is 8.19. The fourth-order valence-corrected chi connectivity index (χ4v) is 1.09. The molecule has 1 amide bonds. The fraction of sp³-hybridized carbons (Fsp3) is 0.375. The van der Waals surface area contributed by atoms with Crippen LogP contribution in [0, 0.1) is 0 Å². The van der Waals surface area contributed by atoms with E-state index in [0.29, 0.717) is 0 Å². The zero-order valence-corrected chi connectivity index (χ0v) is 8.86. The number of nitrogens with zero attached hydrogens (tertiary/aromatic N) is 2. The molecule has 0 spiro atoms. The Morgan fingerprint density at radius 3 is 2.56 bits per heavy atom. The van der Waals surface area contributed by atoms with Crippen LogP contribution >= 0.6 is 0 Å². The highest BCUT2D eigenvalue weighted by atomic mass is 19.4. The molecule has 1 heterocycles. The van der Waals surface area contributed by atoms with E-state index in [0.717, 1.165) is 10.9 Å². The maximum absolute atomic E-state index is 11.8. The normalized spacial score (nSPS) is 11.3. The predicted octanol–water partition coefficient (Wildman–Crippen LogP) is -0.158. The van der Waals surface area contributed by atoms with Gasteiger partial charge < -0.3 is 16.2 Å². The highest BCUT2D eigenvalue weighted by Gasteiger charge is 2.27. The van der Waals surface area contributed by atoms with Crippen molar-refractivity contribution in [3.8, 4) is 0 Å². The van der Waals surface area contributed by atoms with Gasteiger partial charge in [0.15, 0.2) is 5.69 Å². The van der Waals surface area contributed by atoms with Crippen LogP contribution < -0.4 is 11.1 Å². The largest absolute Gasteiger partial charge is 0.476 e. The van der Waals surface area contributed by atoms with Crippen molar-refractivity contribution in [1.82, 2.24) is 15.1 Å². The first kappa shape index (κ1) is 13.8. The molecular weight excluding hydrogens is 257 g/mol. The van der Waals surface area contributed by atoms with Crippen molar-refractivity contribution in [2.24, 2.45) is 0 Å². The second-order valence-corrected chi connectivity index (χ2v) is 3.33. The van der Waals surface area contributed by atoms with Crippen molar-refractivity contribution in [3.05, 3.63) is 11.9 Å². The summed E-state index contributed by atoms with van der Waals surface area (Å²) in [5.41, 5.74) is 4.65. The smallest absolute Gasteiger partial charge is 0.405 e. The van der Waals surface area contributed by atoms with Crippen LogP contribution in [0.15, 0.2) is 6.20 Å². The van der Waals surface area contributed by atoms with E-state index in [9.17, 15) is 22.8 Å². The third-order valence-electron chi connectivity index (χ3n) is 1.78. The number of aromatic carboxylic acids is 1. The van der Waals surface area contributed by atoms with E-state index in [1.807, 2.05) is 0 Å². The molecule has 0 unspecified atom stereocenters. The Morgan fingerprint density at radius 2 is 2.11 bits per heavy atom. The van der Waals surface area contributed by atoms with E-state index in [1.54, 1.807) is 5.32 Å². The summed E-state index contributed by atoms with van der Waals surface area (Å²) < 4.78 is 36.2. The summed E-state index contributed by atoms with van der Waals surface area (Å²) in [5.74, 6) is -2.34. The molecule has 0 saturated heterocycles. The lowest BCUT2D eigenvalue weighted by Crippen LogP contribution is -2.35. The van der Waals surface area contributed by atoms with E-state index in [1.165, 1.54) is 0 Å². The second kappa shape index (κ2) is 4.94. The number of amides is 1. The van der Waals surface area contributed by atoms with Gasteiger partial charge in [-0.3, -0.25) is 9.48 Å². The molecule has 0 aliphatic rings. The Kier molecular flexibility index (Phi) is 3.79. The number of carbonyl (C=O) groups excluding carboxylic acids is 1. The zero-order chi connectivity index (χ0) is 13.9. The van der Waals surface area contributed by atoms with Crippen molar-refractivity contribution in [2.75, 3.05) is 12.3 Å². The molecule has 1 aromatic rings. The van der Waals surface area contributed by atoms with E-state index in [2.05, 4.69) is 5.10 Å². The summed E-state index contributed by atoms with van der Waals surface area (Å²) in [6, 6.07) is 0. The molecule has 0 aliphatic heterocycles. The quantitative estimate of drug-likeness (QED) is 0.701. The van der Waals surface area contributed by atoms with Gasteiger partial charge in [-0.1, -0.05) is 0 Å². The third kappa shape index (κ3) is 3.96. The number of nitrogens with one attached hydrogen (secondary N) is 1. The van der Waals surface area contributed by atoms with Gasteiger partial charge in [0.05, 0.1) is 5.69 Å². The first-order valence-electron chi connectivity index (χ1n) is 4.58. The Balaban J connectivity index is 2.60. The number of nitrogen functional groups attached to an aromatic ring is 1. The van der Waals surface area contributed by atoms with Crippen LogP contribution in [-0.4, -0.2) is 39.5 Å². The Labute approximate surface area is 98.4 Å².